The highest BCUT2D eigenvalue weighted by molar-refractivity contribution is 5.14. The highest BCUT2D eigenvalue weighted by atomic mass is 16.5. The summed E-state index contributed by atoms with van der Waals surface area (Å²) >= 11 is 0. The highest BCUT2D eigenvalue weighted by Gasteiger charge is 2.41. The lowest BCUT2D eigenvalue weighted by Crippen LogP contribution is -2.41. The van der Waals surface area contributed by atoms with E-state index < -0.39 is 0 Å². The van der Waals surface area contributed by atoms with Gasteiger partial charge in [0, 0.05) is 19.9 Å². The van der Waals surface area contributed by atoms with Crippen LogP contribution in [0.5, 0.6) is 0 Å². The minimum absolute atomic E-state index is 0.0657. The maximum atomic E-state index is 6.44. The van der Waals surface area contributed by atoms with Crippen molar-refractivity contribution in [1.82, 2.24) is 9.78 Å². The molecular formula is C13H23N3O. The summed E-state index contributed by atoms with van der Waals surface area (Å²) in [5, 5.41) is 4.34. The number of hydrogen-bond donors (Lipinski definition) is 1. The Bertz CT molecular complexity index is 355. The van der Waals surface area contributed by atoms with Gasteiger partial charge in [0.05, 0.1) is 17.3 Å². The molecule has 0 radical (unpaired) electrons. The molecule has 0 saturated heterocycles. The number of ether oxygens (including phenoxy) is 1. The molecule has 1 aromatic heterocycles. The molecule has 0 aliphatic heterocycles. The minimum atomic E-state index is -0.175. The van der Waals surface area contributed by atoms with Gasteiger partial charge in [-0.2, -0.15) is 5.10 Å². The topological polar surface area (TPSA) is 53.1 Å². The first-order chi connectivity index (χ1) is 8.23. The summed E-state index contributed by atoms with van der Waals surface area (Å²) in [5.74, 6) is 0. The zero-order valence-corrected chi connectivity index (χ0v) is 10.9. The number of aryl methyl sites for hydroxylation is 1. The van der Waals surface area contributed by atoms with E-state index in [1.807, 2.05) is 16.9 Å². The maximum Gasteiger partial charge on any atom is 0.0885 e. The fraction of sp³-hybridized carbons (Fsp3) is 0.769. The Labute approximate surface area is 103 Å². The molecule has 1 unspecified atom stereocenters. The number of methoxy groups -OCH3 is 1. The van der Waals surface area contributed by atoms with Gasteiger partial charge in [0.1, 0.15) is 0 Å². The van der Waals surface area contributed by atoms with Gasteiger partial charge in [-0.05, 0) is 25.3 Å². The van der Waals surface area contributed by atoms with Gasteiger partial charge in [0.25, 0.3) is 0 Å². The van der Waals surface area contributed by atoms with Crippen LogP contribution >= 0.6 is 0 Å². The summed E-state index contributed by atoms with van der Waals surface area (Å²) in [6, 6.07) is 1.96. The summed E-state index contributed by atoms with van der Waals surface area (Å²) in [4.78, 5) is 0. The second-order valence-electron chi connectivity index (χ2n) is 4.93. The third-order valence-electron chi connectivity index (χ3n) is 3.93. The van der Waals surface area contributed by atoms with Crippen LogP contribution in [-0.4, -0.2) is 22.5 Å². The molecule has 1 atom stereocenters. The number of hydrogen-bond acceptors (Lipinski definition) is 3. The van der Waals surface area contributed by atoms with Gasteiger partial charge >= 0.3 is 0 Å². The molecule has 1 fully saturated rings. The Morgan fingerprint density at radius 3 is 2.82 bits per heavy atom. The molecule has 4 nitrogen and oxygen atoms in total. The van der Waals surface area contributed by atoms with E-state index in [1.165, 1.54) is 12.8 Å². The molecular weight excluding hydrogens is 214 g/mol. The third-order valence-corrected chi connectivity index (χ3v) is 3.93. The molecule has 1 heterocycles. The lowest BCUT2D eigenvalue weighted by atomic mass is 9.90. The summed E-state index contributed by atoms with van der Waals surface area (Å²) in [5.41, 5.74) is 7.37. The molecule has 17 heavy (non-hydrogen) atoms. The van der Waals surface area contributed by atoms with Crippen molar-refractivity contribution < 1.29 is 4.74 Å². The molecule has 0 aromatic carbocycles. The fourth-order valence-corrected chi connectivity index (χ4v) is 2.89. The molecule has 96 valence electrons. The van der Waals surface area contributed by atoms with Gasteiger partial charge in [0.2, 0.25) is 0 Å². The molecule has 1 aromatic rings. The SMILES string of the molecule is CCCn1nccc1C(N)C1(OC)CCCC1. The van der Waals surface area contributed by atoms with Crippen molar-refractivity contribution in [2.45, 2.75) is 57.2 Å². The molecule has 0 bridgehead atoms. The largest absolute Gasteiger partial charge is 0.376 e. The number of nitrogens with two attached hydrogens (primary N) is 1. The number of nitrogens with zero attached hydrogens (tertiary/aromatic N) is 2. The van der Waals surface area contributed by atoms with Gasteiger partial charge in [-0.25, -0.2) is 0 Å². The van der Waals surface area contributed by atoms with Crippen LogP contribution in [-0.2, 0) is 11.3 Å². The first kappa shape index (κ1) is 12.6. The summed E-state index contributed by atoms with van der Waals surface area (Å²) < 4.78 is 7.77. The molecule has 0 spiro atoms. The Balaban J connectivity index is 2.22. The highest BCUT2D eigenvalue weighted by Crippen LogP contribution is 2.41. The normalized spacial score (nSPS) is 20.6. The van der Waals surface area contributed by atoms with Crippen molar-refractivity contribution in [3.8, 4) is 0 Å². The van der Waals surface area contributed by atoms with Crippen molar-refractivity contribution >= 4 is 0 Å². The van der Waals surface area contributed by atoms with E-state index in [-0.39, 0.29) is 11.6 Å². The Hall–Kier alpha value is -0.870. The quantitative estimate of drug-likeness (QED) is 0.854. The van der Waals surface area contributed by atoms with Crippen LogP contribution in [0.15, 0.2) is 12.3 Å². The second-order valence-corrected chi connectivity index (χ2v) is 4.93. The monoisotopic (exact) mass is 237 g/mol. The number of aromatic nitrogens is 2. The molecule has 0 amide bonds. The van der Waals surface area contributed by atoms with E-state index in [2.05, 4.69) is 12.0 Å². The van der Waals surface area contributed by atoms with Gasteiger partial charge in [-0.15, -0.1) is 0 Å². The lowest BCUT2D eigenvalue weighted by Gasteiger charge is -2.34. The predicted molar refractivity (Wildman–Crippen MR) is 67.7 cm³/mol. The van der Waals surface area contributed by atoms with Crippen LogP contribution in [0.1, 0.15) is 50.8 Å². The smallest absolute Gasteiger partial charge is 0.0885 e. The second kappa shape index (κ2) is 5.19. The molecule has 2 rings (SSSR count). The Morgan fingerprint density at radius 2 is 2.24 bits per heavy atom. The van der Waals surface area contributed by atoms with Gasteiger partial charge < -0.3 is 10.5 Å². The zero-order valence-electron chi connectivity index (χ0n) is 10.9. The average Bonchev–Trinajstić information content (AvgIpc) is 2.97. The van der Waals surface area contributed by atoms with Crippen molar-refractivity contribution in [2.24, 2.45) is 5.73 Å². The summed E-state index contributed by atoms with van der Waals surface area (Å²) in [7, 11) is 1.78. The molecule has 1 saturated carbocycles. The Morgan fingerprint density at radius 1 is 1.53 bits per heavy atom. The van der Waals surface area contributed by atoms with E-state index in [0.717, 1.165) is 31.5 Å². The first-order valence-electron chi connectivity index (χ1n) is 6.56. The summed E-state index contributed by atoms with van der Waals surface area (Å²) in [6.45, 7) is 3.08. The van der Waals surface area contributed by atoms with Crippen LogP contribution in [0.4, 0.5) is 0 Å². The van der Waals surface area contributed by atoms with Crippen molar-refractivity contribution in [1.29, 1.82) is 0 Å². The first-order valence-corrected chi connectivity index (χ1v) is 6.56. The molecule has 4 heteroatoms. The zero-order chi connectivity index (χ0) is 12.3. The summed E-state index contributed by atoms with van der Waals surface area (Å²) in [6.07, 6.45) is 7.45. The average molecular weight is 237 g/mol. The third kappa shape index (κ3) is 2.24. The van der Waals surface area contributed by atoms with Crippen LogP contribution in [0, 0.1) is 0 Å². The van der Waals surface area contributed by atoms with Crippen LogP contribution in [0.2, 0.25) is 0 Å². The van der Waals surface area contributed by atoms with Gasteiger partial charge in [-0.3, -0.25) is 4.68 Å². The van der Waals surface area contributed by atoms with Crippen molar-refractivity contribution in [3.05, 3.63) is 18.0 Å². The van der Waals surface area contributed by atoms with Gasteiger partial charge in [-0.1, -0.05) is 19.8 Å². The van der Waals surface area contributed by atoms with Crippen LogP contribution in [0.25, 0.3) is 0 Å². The lowest BCUT2D eigenvalue weighted by molar-refractivity contribution is -0.0284. The number of rotatable bonds is 5. The maximum absolute atomic E-state index is 6.44. The molecule has 2 N–H and O–H groups in total. The van der Waals surface area contributed by atoms with E-state index in [4.69, 9.17) is 10.5 Å². The minimum Gasteiger partial charge on any atom is -0.376 e. The fourth-order valence-electron chi connectivity index (χ4n) is 2.89. The van der Waals surface area contributed by atoms with E-state index in [0.29, 0.717) is 0 Å². The van der Waals surface area contributed by atoms with Crippen molar-refractivity contribution in [2.75, 3.05) is 7.11 Å². The molecule has 1 aliphatic rings. The van der Waals surface area contributed by atoms with E-state index in [9.17, 15) is 0 Å². The Kier molecular flexibility index (Phi) is 3.84. The van der Waals surface area contributed by atoms with Crippen molar-refractivity contribution in [3.63, 3.8) is 0 Å². The van der Waals surface area contributed by atoms with Crippen LogP contribution in [0.3, 0.4) is 0 Å². The van der Waals surface area contributed by atoms with E-state index >= 15 is 0 Å². The predicted octanol–water partition coefficient (Wildman–Crippen LogP) is 2.25. The van der Waals surface area contributed by atoms with Crippen LogP contribution < -0.4 is 5.73 Å². The van der Waals surface area contributed by atoms with Gasteiger partial charge in [0.15, 0.2) is 0 Å². The standard InChI is InChI=1S/C13H23N3O/c1-3-10-16-11(6-9-15-16)12(14)13(17-2)7-4-5-8-13/h6,9,12H,3-5,7-8,10,14H2,1-2H3. The molecule has 1 aliphatic carbocycles. The van der Waals surface area contributed by atoms with E-state index in [1.54, 1.807) is 7.11 Å².